The quantitative estimate of drug-likeness (QED) is 0.793. The van der Waals surface area contributed by atoms with E-state index in [0.717, 1.165) is 12.0 Å². The molecule has 1 heterocycles. The van der Waals surface area contributed by atoms with Gasteiger partial charge in [-0.25, -0.2) is 0 Å². The fourth-order valence-electron chi connectivity index (χ4n) is 2.05. The number of rotatable bonds is 7. The van der Waals surface area contributed by atoms with Crippen LogP contribution in [0.4, 0.5) is 0 Å². The lowest BCUT2D eigenvalue weighted by Crippen LogP contribution is -2.21. The maximum absolute atomic E-state index is 6.02. The van der Waals surface area contributed by atoms with Gasteiger partial charge in [-0.1, -0.05) is 42.4 Å². The second-order valence-corrected chi connectivity index (χ2v) is 5.63. The molecule has 1 aromatic heterocycles. The Kier molecular flexibility index (Phi) is 5.09. The summed E-state index contributed by atoms with van der Waals surface area (Å²) in [6, 6.07) is 9.72. The molecule has 0 fully saturated rings. The Morgan fingerprint density at radius 2 is 2.00 bits per heavy atom. The van der Waals surface area contributed by atoms with Crippen molar-refractivity contribution in [1.82, 2.24) is 10.1 Å². The van der Waals surface area contributed by atoms with Gasteiger partial charge in [0.2, 0.25) is 5.89 Å². The molecule has 0 saturated carbocycles. The largest absolute Gasteiger partial charge is 0.379 e. The van der Waals surface area contributed by atoms with Crippen molar-refractivity contribution in [3.05, 3.63) is 47.6 Å². The van der Waals surface area contributed by atoms with Crippen LogP contribution in [0.2, 0.25) is 0 Å². The lowest BCUT2D eigenvalue weighted by Gasteiger charge is -2.20. The number of hydrogen-bond acceptors (Lipinski definition) is 5. The van der Waals surface area contributed by atoms with Crippen LogP contribution >= 0.6 is 0 Å². The minimum absolute atomic E-state index is 0.351. The third-order valence-electron chi connectivity index (χ3n) is 3.45. The van der Waals surface area contributed by atoms with Gasteiger partial charge < -0.3 is 15.0 Å². The van der Waals surface area contributed by atoms with E-state index in [-0.39, 0.29) is 11.5 Å². The van der Waals surface area contributed by atoms with Gasteiger partial charge in [-0.15, -0.1) is 0 Å². The lowest BCUT2D eigenvalue weighted by atomic mass is 9.84. The molecule has 5 heteroatoms. The summed E-state index contributed by atoms with van der Waals surface area (Å²) in [4.78, 5) is 4.45. The van der Waals surface area contributed by atoms with Gasteiger partial charge in [0.15, 0.2) is 5.82 Å². The topological polar surface area (TPSA) is 74.2 Å². The van der Waals surface area contributed by atoms with Crippen molar-refractivity contribution >= 4 is 0 Å². The molecule has 114 valence electrons. The van der Waals surface area contributed by atoms with E-state index in [0.29, 0.717) is 24.9 Å². The number of hydrogen-bond donors (Lipinski definition) is 1. The molecule has 21 heavy (non-hydrogen) atoms. The van der Waals surface area contributed by atoms with Gasteiger partial charge in [-0.2, -0.15) is 4.98 Å². The second-order valence-electron chi connectivity index (χ2n) is 5.63. The summed E-state index contributed by atoms with van der Waals surface area (Å²) in [6.07, 6.45) is 0.964. The zero-order chi connectivity index (χ0) is 15.3. The lowest BCUT2D eigenvalue weighted by molar-refractivity contribution is 0.119. The van der Waals surface area contributed by atoms with Crippen LogP contribution in [-0.2, 0) is 10.2 Å². The number of benzene rings is 1. The molecule has 0 aliphatic heterocycles. The van der Waals surface area contributed by atoms with Crippen LogP contribution in [-0.4, -0.2) is 23.4 Å². The first-order chi connectivity index (χ1) is 10.1. The van der Waals surface area contributed by atoms with E-state index in [1.165, 1.54) is 0 Å². The highest BCUT2D eigenvalue weighted by Crippen LogP contribution is 2.30. The normalized spacial score (nSPS) is 13.3. The number of aromatic nitrogens is 2. The molecule has 0 saturated heterocycles. The van der Waals surface area contributed by atoms with E-state index in [2.05, 4.69) is 30.9 Å². The molecule has 0 spiro atoms. The zero-order valence-electron chi connectivity index (χ0n) is 12.9. The molecule has 5 nitrogen and oxygen atoms in total. The fourth-order valence-corrected chi connectivity index (χ4v) is 2.05. The summed E-state index contributed by atoms with van der Waals surface area (Å²) in [7, 11) is 0. The maximum Gasteiger partial charge on any atom is 0.236 e. The van der Waals surface area contributed by atoms with Crippen LogP contribution in [0.1, 0.15) is 50.5 Å². The summed E-state index contributed by atoms with van der Waals surface area (Å²) in [6.45, 7) is 7.25. The molecule has 1 atom stereocenters. The Morgan fingerprint density at radius 3 is 2.67 bits per heavy atom. The van der Waals surface area contributed by atoms with Crippen molar-refractivity contribution in [2.75, 3.05) is 13.2 Å². The van der Waals surface area contributed by atoms with Gasteiger partial charge >= 0.3 is 0 Å². The predicted molar refractivity (Wildman–Crippen MR) is 80.9 cm³/mol. The van der Waals surface area contributed by atoms with Crippen molar-refractivity contribution < 1.29 is 9.26 Å². The Bertz CT molecular complexity index is 552. The van der Waals surface area contributed by atoms with Crippen LogP contribution in [0, 0.1) is 0 Å². The van der Waals surface area contributed by atoms with Gasteiger partial charge in [0.05, 0.1) is 18.1 Å². The van der Waals surface area contributed by atoms with Crippen molar-refractivity contribution in [2.45, 2.75) is 38.6 Å². The smallest absolute Gasteiger partial charge is 0.236 e. The average molecular weight is 289 g/mol. The fraction of sp³-hybridized carbons (Fsp3) is 0.500. The van der Waals surface area contributed by atoms with E-state index in [1.807, 2.05) is 30.3 Å². The molecule has 0 radical (unpaired) electrons. The molecule has 2 rings (SSSR count). The summed E-state index contributed by atoms with van der Waals surface area (Å²) < 4.78 is 10.8. The Balaban J connectivity index is 2.12. The summed E-state index contributed by atoms with van der Waals surface area (Å²) in [5, 5.41) is 4.00. The highest BCUT2D eigenvalue weighted by atomic mass is 16.5. The minimum Gasteiger partial charge on any atom is -0.379 e. The maximum atomic E-state index is 6.02. The molecule has 0 bridgehead atoms. The SMILES string of the molecule is CCCOCC(N)c1noc(C(C)(C)c2ccccc2)n1. The Labute approximate surface area is 125 Å². The third-order valence-corrected chi connectivity index (χ3v) is 3.45. The van der Waals surface area contributed by atoms with Crippen LogP contribution < -0.4 is 5.73 Å². The predicted octanol–water partition coefficient (Wildman–Crippen LogP) is 2.82. The van der Waals surface area contributed by atoms with E-state index >= 15 is 0 Å². The number of nitrogens with zero attached hydrogens (tertiary/aromatic N) is 2. The minimum atomic E-state index is -0.361. The highest BCUT2D eigenvalue weighted by molar-refractivity contribution is 5.29. The Hall–Kier alpha value is -1.72. The molecule has 1 unspecified atom stereocenters. The summed E-state index contributed by atoms with van der Waals surface area (Å²) in [5.41, 5.74) is 6.79. The van der Waals surface area contributed by atoms with Gasteiger partial charge in [0.1, 0.15) is 0 Å². The molecule has 0 aliphatic rings. The number of ether oxygens (including phenoxy) is 1. The molecule has 2 aromatic rings. The van der Waals surface area contributed by atoms with E-state index in [9.17, 15) is 0 Å². The monoisotopic (exact) mass is 289 g/mol. The van der Waals surface area contributed by atoms with Gasteiger partial charge in [-0.05, 0) is 25.8 Å². The molecule has 0 aliphatic carbocycles. The van der Waals surface area contributed by atoms with Gasteiger partial charge in [-0.3, -0.25) is 0 Å². The van der Waals surface area contributed by atoms with E-state index in [4.69, 9.17) is 15.0 Å². The molecular formula is C16H23N3O2. The highest BCUT2D eigenvalue weighted by Gasteiger charge is 2.30. The van der Waals surface area contributed by atoms with Gasteiger partial charge in [0.25, 0.3) is 0 Å². The van der Waals surface area contributed by atoms with Crippen LogP contribution in [0.25, 0.3) is 0 Å². The standard InChI is InChI=1S/C16H23N3O2/c1-4-10-20-11-13(17)14-18-15(21-19-14)16(2,3)12-8-6-5-7-9-12/h5-9,13H,4,10-11,17H2,1-3H3. The van der Waals surface area contributed by atoms with E-state index in [1.54, 1.807) is 0 Å². The zero-order valence-corrected chi connectivity index (χ0v) is 12.9. The first kappa shape index (κ1) is 15.7. The summed E-state index contributed by atoms with van der Waals surface area (Å²) >= 11 is 0. The van der Waals surface area contributed by atoms with Gasteiger partial charge in [0, 0.05) is 6.61 Å². The number of nitrogens with two attached hydrogens (primary N) is 1. The molecule has 1 aromatic carbocycles. The van der Waals surface area contributed by atoms with Crippen molar-refractivity contribution in [3.63, 3.8) is 0 Å². The first-order valence-corrected chi connectivity index (χ1v) is 7.28. The second kappa shape index (κ2) is 6.83. The third kappa shape index (κ3) is 3.68. The van der Waals surface area contributed by atoms with E-state index < -0.39 is 0 Å². The van der Waals surface area contributed by atoms with Crippen LogP contribution in [0.3, 0.4) is 0 Å². The van der Waals surface area contributed by atoms with Crippen LogP contribution in [0.5, 0.6) is 0 Å². The van der Waals surface area contributed by atoms with Crippen molar-refractivity contribution in [3.8, 4) is 0 Å². The first-order valence-electron chi connectivity index (χ1n) is 7.28. The Morgan fingerprint density at radius 1 is 1.29 bits per heavy atom. The summed E-state index contributed by atoms with van der Waals surface area (Å²) in [5.74, 6) is 1.06. The van der Waals surface area contributed by atoms with Crippen molar-refractivity contribution in [2.24, 2.45) is 5.73 Å². The molecular weight excluding hydrogens is 266 g/mol. The average Bonchev–Trinajstić information content (AvgIpc) is 2.99. The molecule has 2 N–H and O–H groups in total. The molecule has 0 amide bonds. The van der Waals surface area contributed by atoms with Crippen molar-refractivity contribution in [1.29, 1.82) is 0 Å². The van der Waals surface area contributed by atoms with Crippen LogP contribution in [0.15, 0.2) is 34.9 Å².